The van der Waals surface area contributed by atoms with E-state index in [1.165, 1.54) is 6.33 Å². The lowest BCUT2D eigenvalue weighted by molar-refractivity contribution is 0.190. The molecule has 0 aliphatic rings. The lowest BCUT2D eigenvalue weighted by Gasteiger charge is -2.26. The number of nitrogens with zero attached hydrogens (tertiary/aromatic N) is 3. The Morgan fingerprint density at radius 3 is 2.35 bits per heavy atom. The molecule has 1 aromatic heterocycles. The zero-order valence-corrected chi connectivity index (χ0v) is 12.6. The summed E-state index contributed by atoms with van der Waals surface area (Å²) >= 11 is 0. The third-order valence-corrected chi connectivity index (χ3v) is 2.99. The third-order valence-electron chi connectivity index (χ3n) is 2.99. The summed E-state index contributed by atoms with van der Waals surface area (Å²) in [4.78, 5) is 10.7. The molecule has 114 valence electrons. The van der Waals surface area contributed by atoms with E-state index in [9.17, 15) is 0 Å². The Morgan fingerprint density at radius 2 is 1.85 bits per heavy atom. The molecule has 7 nitrogen and oxygen atoms in total. The minimum absolute atomic E-state index is 0.630. The summed E-state index contributed by atoms with van der Waals surface area (Å²) in [5, 5.41) is 0. The van der Waals surface area contributed by atoms with Crippen molar-refractivity contribution in [2.75, 3.05) is 50.8 Å². The Morgan fingerprint density at radius 1 is 1.20 bits per heavy atom. The Balaban J connectivity index is 3.02. The van der Waals surface area contributed by atoms with Crippen LogP contribution in [0.3, 0.4) is 0 Å². The van der Waals surface area contributed by atoms with Gasteiger partial charge in [0.15, 0.2) is 0 Å². The van der Waals surface area contributed by atoms with Crippen molar-refractivity contribution in [3.05, 3.63) is 11.9 Å². The van der Waals surface area contributed by atoms with Crippen LogP contribution in [-0.4, -0.2) is 50.5 Å². The molecule has 1 rings (SSSR count). The second-order valence-electron chi connectivity index (χ2n) is 4.39. The van der Waals surface area contributed by atoms with Crippen LogP contribution in [0.2, 0.25) is 0 Å². The number of hydrazine groups is 1. The quantitative estimate of drug-likeness (QED) is 0.485. The van der Waals surface area contributed by atoms with Crippen molar-refractivity contribution >= 4 is 11.6 Å². The summed E-state index contributed by atoms with van der Waals surface area (Å²) in [6, 6.07) is 0. The molecule has 0 radical (unpaired) electrons. The van der Waals surface area contributed by atoms with Gasteiger partial charge in [0.05, 0.1) is 13.2 Å². The topological polar surface area (TPSA) is 85.5 Å². The van der Waals surface area contributed by atoms with E-state index in [2.05, 4.69) is 27.2 Å². The average molecular weight is 283 g/mol. The van der Waals surface area contributed by atoms with Crippen molar-refractivity contribution in [2.24, 2.45) is 5.84 Å². The fraction of sp³-hybridized carbons (Fsp3) is 0.692. The van der Waals surface area contributed by atoms with Crippen LogP contribution < -0.4 is 16.2 Å². The van der Waals surface area contributed by atoms with E-state index >= 15 is 0 Å². The first-order valence-corrected chi connectivity index (χ1v) is 6.81. The molecule has 0 bridgehead atoms. The first kappa shape index (κ1) is 16.6. The Kier molecular flexibility index (Phi) is 7.86. The number of rotatable bonds is 10. The second kappa shape index (κ2) is 9.46. The number of anilines is 2. The molecule has 20 heavy (non-hydrogen) atoms. The van der Waals surface area contributed by atoms with E-state index in [0.29, 0.717) is 19.0 Å². The monoisotopic (exact) mass is 283 g/mol. The van der Waals surface area contributed by atoms with E-state index in [1.54, 1.807) is 14.2 Å². The van der Waals surface area contributed by atoms with Crippen molar-refractivity contribution in [2.45, 2.75) is 19.8 Å². The van der Waals surface area contributed by atoms with Gasteiger partial charge in [-0.1, -0.05) is 13.3 Å². The molecule has 0 amide bonds. The Bertz CT molecular complexity index is 381. The van der Waals surface area contributed by atoms with Gasteiger partial charge in [-0.2, -0.15) is 0 Å². The van der Waals surface area contributed by atoms with E-state index in [4.69, 9.17) is 15.3 Å². The maximum atomic E-state index is 5.54. The molecule has 0 aliphatic carbocycles. The summed E-state index contributed by atoms with van der Waals surface area (Å²) in [6.45, 7) is 4.87. The predicted octanol–water partition coefficient (Wildman–Crippen LogP) is 0.814. The zero-order valence-electron chi connectivity index (χ0n) is 12.6. The number of methoxy groups -OCH3 is 2. The summed E-state index contributed by atoms with van der Waals surface area (Å²) in [5.74, 6) is 7.11. The second-order valence-corrected chi connectivity index (χ2v) is 4.39. The molecule has 0 saturated carbocycles. The maximum Gasteiger partial charge on any atom is 0.148 e. The molecular weight excluding hydrogens is 258 g/mol. The highest BCUT2D eigenvalue weighted by molar-refractivity contribution is 5.58. The molecule has 0 saturated heterocycles. The Labute approximate surface area is 120 Å². The van der Waals surface area contributed by atoms with Gasteiger partial charge in [0.25, 0.3) is 0 Å². The first-order chi connectivity index (χ1) is 9.78. The first-order valence-electron chi connectivity index (χ1n) is 6.81. The number of aromatic nitrogens is 2. The molecular formula is C13H25N5O2. The molecule has 0 unspecified atom stereocenters. The van der Waals surface area contributed by atoms with E-state index in [-0.39, 0.29) is 0 Å². The van der Waals surface area contributed by atoms with Crippen LogP contribution in [0.1, 0.15) is 18.9 Å². The molecule has 3 N–H and O–H groups in total. The number of hydrogen-bond donors (Lipinski definition) is 2. The highest BCUT2D eigenvalue weighted by Crippen LogP contribution is 2.24. The predicted molar refractivity (Wildman–Crippen MR) is 79.8 cm³/mol. The third kappa shape index (κ3) is 4.59. The minimum atomic E-state index is 0.630. The van der Waals surface area contributed by atoms with Crippen LogP contribution in [-0.2, 0) is 15.9 Å². The lowest BCUT2D eigenvalue weighted by Crippen LogP contribution is -2.32. The van der Waals surface area contributed by atoms with Crippen molar-refractivity contribution in [1.82, 2.24) is 9.97 Å². The van der Waals surface area contributed by atoms with Crippen molar-refractivity contribution in [3.63, 3.8) is 0 Å². The molecule has 1 heterocycles. The van der Waals surface area contributed by atoms with Crippen LogP contribution >= 0.6 is 0 Å². The van der Waals surface area contributed by atoms with Gasteiger partial charge in [-0.15, -0.1) is 0 Å². The van der Waals surface area contributed by atoms with E-state index < -0.39 is 0 Å². The van der Waals surface area contributed by atoms with Crippen LogP contribution in [0, 0.1) is 0 Å². The number of hydrogen-bond acceptors (Lipinski definition) is 7. The number of ether oxygens (including phenoxy) is 2. The molecule has 0 fully saturated rings. The zero-order chi connectivity index (χ0) is 14.8. The maximum absolute atomic E-state index is 5.54. The number of nitrogens with two attached hydrogens (primary N) is 1. The lowest BCUT2D eigenvalue weighted by atomic mass is 10.1. The fourth-order valence-electron chi connectivity index (χ4n) is 2.01. The van der Waals surface area contributed by atoms with Gasteiger partial charge < -0.3 is 19.8 Å². The molecule has 0 aromatic carbocycles. The summed E-state index contributed by atoms with van der Waals surface area (Å²) in [5.41, 5.74) is 3.68. The smallest absolute Gasteiger partial charge is 0.148 e. The SMILES string of the molecule is CCCc1c(NN)ncnc1N(CCOC)CCOC. The van der Waals surface area contributed by atoms with Gasteiger partial charge in [-0.05, 0) is 6.42 Å². The van der Waals surface area contributed by atoms with Gasteiger partial charge in [0.1, 0.15) is 18.0 Å². The average Bonchev–Trinajstić information content (AvgIpc) is 2.48. The van der Waals surface area contributed by atoms with Gasteiger partial charge in [-0.25, -0.2) is 15.8 Å². The van der Waals surface area contributed by atoms with E-state index in [1.807, 2.05) is 0 Å². The Hall–Kier alpha value is -1.44. The van der Waals surface area contributed by atoms with Crippen LogP contribution in [0.4, 0.5) is 11.6 Å². The largest absolute Gasteiger partial charge is 0.383 e. The van der Waals surface area contributed by atoms with Gasteiger partial charge in [0.2, 0.25) is 0 Å². The molecule has 0 spiro atoms. The fourth-order valence-corrected chi connectivity index (χ4v) is 2.01. The van der Waals surface area contributed by atoms with Crippen LogP contribution in [0.25, 0.3) is 0 Å². The van der Waals surface area contributed by atoms with Crippen molar-refractivity contribution < 1.29 is 9.47 Å². The van der Waals surface area contributed by atoms with Gasteiger partial charge in [0, 0.05) is 32.9 Å². The van der Waals surface area contributed by atoms with Gasteiger partial charge in [-0.3, -0.25) is 0 Å². The van der Waals surface area contributed by atoms with Crippen molar-refractivity contribution in [3.8, 4) is 0 Å². The normalized spacial score (nSPS) is 10.6. The highest BCUT2D eigenvalue weighted by Gasteiger charge is 2.16. The summed E-state index contributed by atoms with van der Waals surface area (Å²) in [7, 11) is 3.38. The summed E-state index contributed by atoms with van der Waals surface area (Å²) in [6.07, 6.45) is 3.39. The van der Waals surface area contributed by atoms with Gasteiger partial charge >= 0.3 is 0 Å². The highest BCUT2D eigenvalue weighted by atomic mass is 16.5. The van der Waals surface area contributed by atoms with Crippen LogP contribution in [0.15, 0.2) is 6.33 Å². The molecule has 1 aromatic rings. The van der Waals surface area contributed by atoms with E-state index in [0.717, 1.165) is 37.3 Å². The molecule has 0 aliphatic heterocycles. The molecule has 0 atom stereocenters. The summed E-state index contributed by atoms with van der Waals surface area (Å²) < 4.78 is 10.3. The van der Waals surface area contributed by atoms with Crippen LogP contribution in [0.5, 0.6) is 0 Å². The number of nitrogen functional groups attached to an aromatic ring is 1. The minimum Gasteiger partial charge on any atom is -0.383 e. The number of nitrogens with one attached hydrogen (secondary N) is 1. The van der Waals surface area contributed by atoms with Crippen molar-refractivity contribution in [1.29, 1.82) is 0 Å². The molecule has 7 heteroatoms. The standard InChI is InChI=1S/C13H25N5O2/c1-4-5-11-12(17-14)15-10-16-13(11)18(6-8-19-2)7-9-20-3/h10H,4-9,14H2,1-3H3,(H,15,16,17).